The fraction of sp³-hybridized carbons (Fsp3) is 0.700. The Morgan fingerprint density at radius 3 is 1.35 bits per heavy atom. The number of hydrogen-bond acceptors (Lipinski definition) is 0. The summed E-state index contributed by atoms with van der Waals surface area (Å²) in [5.74, 6) is 2.01. The van der Waals surface area contributed by atoms with Crippen LogP contribution < -0.4 is 0 Å². The van der Waals surface area contributed by atoms with Crippen LogP contribution in [0.3, 0.4) is 0 Å². The lowest BCUT2D eigenvalue weighted by Gasteiger charge is -2.24. The first-order chi connectivity index (χ1) is 9.52. The number of unbranched alkanes of at least 4 members (excludes halogenated alkanes) is 1. The molecule has 1 aromatic rings. The summed E-state index contributed by atoms with van der Waals surface area (Å²) < 4.78 is 0. The highest BCUT2D eigenvalue weighted by Gasteiger charge is 2.15. The van der Waals surface area contributed by atoms with Crippen molar-refractivity contribution in [2.24, 2.45) is 11.8 Å². The molecule has 0 bridgehead atoms. The van der Waals surface area contributed by atoms with E-state index in [4.69, 9.17) is 0 Å². The van der Waals surface area contributed by atoms with Crippen molar-refractivity contribution in [3.63, 3.8) is 0 Å². The number of hydrogen-bond donors (Lipinski definition) is 0. The van der Waals surface area contributed by atoms with Crippen LogP contribution in [0.25, 0.3) is 0 Å². The molecule has 2 atom stereocenters. The maximum atomic E-state index is 2.38. The first kappa shape index (κ1) is 19.2. The van der Waals surface area contributed by atoms with Gasteiger partial charge in [-0.3, -0.25) is 0 Å². The summed E-state index contributed by atoms with van der Waals surface area (Å²) in [6.45, 7) is 13.4. The normalized spacial score (nSPS) is 21.1. The van der Waals surface area contributed by atoms with Gasteiger partial charge in [-0.2, -0.15) is 0 Å². The summed E-state index contributed by atoms with van der Waals surface area (Å²) in [5.41, 5.74) is 2.74. The molecule has 1 unspecified atom stereocenters. The van der Waals surface area contributed by atoms with Crippen LogP contribution in [0.2, 0.25) is 0 Å². The summed E-state index contributed by atoms with van der Waals surface area (Å²) in [7, 11) is 0. The molecule has 116 valence electrons. The Bertz CT molecular complexity index is 294. The maximum absolute atomic E-state index is 2.38. The standard InChI is InChI=1S/C8H16.C8H10.C4H10/c2*1-7-5-3-4-6-8(7)2;1-3-4-2/h7-8H,3-6H2,1-2H3;3-6H,1-2H3;3-4H2,1-2H3/t7-,8?;;/m0../s1. The van der Waals surface area contributed by atoms with E-state index >= 15 is 0 Å². The molecule has 0 amide bonds. The minimum atomic E-state index is 1.00. The monoisotopic (exact) mass is 276 g/mol. The topological polar surface area (TPSA) is 0 Å². The van der Waals surface area contributed by atoms with Crippen molar-refractivity contribution in [3.05, 3.63) is 35.4 Å². The lowest BCUT2D eigenvalue weighted by atomic mass is 9.82. The summed E-state index contributed by atoms with van der Waals surface area (Å²) in [5, 5.41) is 0. The molecule has 1 fully saturated rings. The van der Waals surface area contributed by atoms with E-state index in [2.05, 4.69) is 65.8 Å². The molecule has 0 aliphatic heterocycles. The Morgan fingerprint density at radius 1 is 0.800 bits per heavy atom. The molecule has 1 aromatic carbocycles. The second kappa shape index (κ2) is 12.0. The molecule has 0 heteroatoms. The van der Waals surface area contributed by atoms with Gasteiger partial charge in [0.25, 0.3) is 0 Å². The highest BCUT2D eigenvalue weighted by atomic mass is 14.2. The Kier molecular flexibility index (Phi) is 11.5. The van der Waals surface area contributed by atoms with Gasteiger partial charge in [0.05, 0.1) is 0 Å². The minimum absolute atomic E-state index is 1.00. The van der Waals surface area contributed by atoms with Gasteiger partial charge >= 0.3 is 0 Å². The van der Waals surface area contributed by atoms with Crippen LogP contribution >= 0.6 is 0 Å². The first-order valence-corrected chi connectivity index (χ1v) is 8.55. The summed E-state index contributed by atoms with van der Waals surface area (Å²) in [6, 6.07) is 8.36. The molecule has 1 aliphatic carbocycles. The quantitative estimate of drug-likeness (QED) is 0.521. The van der Waals surface area contributed by atoms with E-state index in [0.29, 0.717) is 0 Å². The minimum Gasteiger partial charge on any atom is -0.0654 e. The van der Waals surface area contributed by atoms with Gasteiger partial charge in [-0.25, -0.2) is 0 Å². The molecule has 20 heavy (non-hydrogen) atoms. The maximum Gasteiger partial charge on any atom is -0.0395 e. The van der Waals surface area contributed by atoms with Gasteiger partial charge in [-0.05, 0) is 36.8 Å². The van der Waals surface area contributed by atoms with E-state index in [1.54, 1.807) is 0 Å². The number of benzene rings is 1. The zero-order chi connectivity index (χ0) is 15.4. The smallest absolute Gasteiger partial charge is 0.0395 e. The van der Waals surface area contributed by atoms with Gasteiger partial charge in [-0.1, -0.05) is 90.5 Å². The third-order valence-electron chi connectivity index (χ3n) is 4.47. The molecule has 0 aromatic heterocycles. The number of aryl methyl sites for hydroxylation is 2. The van der Waals surface area contributed by atoms with Crippen molar-refractivity contribution in [3.8, 4) is 0 Å². The third kappa shape index (κ3) is 9.18. The Morgan fingerprint density at radius 2 is 1.15 bits per heavy atom. The van der Waals surface area contributed by atoms with Crippen LogP contribution in [0.1, 0.15) is 77.3 Å². The lowest BCUT2D eigenvalue weighted by molar-refractivity contribution is 0.277. The largest absolute Gasteiger partial charge is 0.0654 e. The van der Waals surface area contributed by atoms with Crippen LogP contribution in [0.4, 0.5) is 0 Å². The average Bonchev–Trinajstić information content (AvgIpc) is 2.46. The molecule has 0 heterocycles. The van der Waals surface area contributed by atoms with E-state index in [0.717, 1.165) is 11.8 Å². The van der Waals surface area contributed by atoms with Crippen LogP contribution in [0.5, 0.6) is 0 Å². The van der Waals surface area contributed by atoms with Gasteiger partial charge < -0.3 is 0 Å². The van der Waals surface area contributed by atoms with Crippen LogP contribution in [-0.4, -0.2) is 0 Å². The summed E-state index contributed by atoms with van der Waals surface area (Å²) in [6.07, 6.45) is 8.54. The SMILES string of the molecule is CC1CCCC[C@@H]1C.CCCC.Cc1ccccc1C. The van der Waals surface area contributed by atoms with Crippen molar-refractivity contribution >= 4 is 0 Å². The summed E-state index contributed by atoms with van der Waals surface area (Å²) in [4.78, 5) is 0. The molecular weight excluding hydrogens is 240 g/mol. The van der Waals surface area contributed by atoms with Crippen molar-refractivity contribution in [2.75, 3.05) is 0 Å². The molecule has 0 N–H and O–H groups in total. The van der Waals surface area contributed by atoms with E-state index in [1.807, 2.05) is 0 Å². The van der Waals surface area contributed by atoms with Crippen LogP contribution in [0, 0.1) is 25.7 Å². The highest BCUT2D eigenvalue weighted by Crippen LogP contribution is 2.28. The van der Waals surface area contributed by atoms with Gasteiger partial charge in [-0.15, -0.1) is 0 Å². The average molecular weight is 277 g/mol. The fourth-order valence-corrected chi connectivity index (χ4v) is 2.16. The zero-order valence-electron chi connectivity index (χ0n) is 14.7. The predicted molar refractivity (Wildman–Crippen MR) is 93.3 cm³/mol. The molecule has 2 rings (SSSR count). The first-order valence-electron chi connectivity index (χ1n) is 8.55. The molecule has 1 saturated carbocycles. The Hall–Kier alpha value is -0.780. The molecule has 0 nitrogen and oxygen atoms in total. The van der Waals surface area contributed by atoms with E-state index in [-0.39, 0.29) is 0 Å². The van der Waals surface area contributed by atoms with Crippen molar-refractivity contribution in [1.29, 1.82) is 0 Å². The molecule has 0 spiro atoms. The molecular formula is C20H36. The zero-order valence-corrected chi connectivity index (χ0v) is 14.7. The fourth-order valence-electron chi connectivity index (χ4n) is 2.16. The molecule has 1 aliphatic rings. The van der Waals surface area contributed by atoms with E-state index in [1.165, 1.54) is 49.7 Å². The van der Waals surface area contributed by atoms with Crippen LogP contribution in [0.15, 0.2) is 24.3 Å². The van der Waals surface area contributed by atoms with Gasteiger partial charge in [0, 0.05) is 0 Å². The molecule has 0 saturated heterocycles. The van der Waals surface area contributed by atoms with Crippen molar-refractivity contribution in [1.82, 2.24) is 0 Å². The predicted octanol–water partition coefficient (Wildman–Crippen LogP) is 6.94. The second-order valence-electron chi connectivity index (χ2n) is 6.32. The third-order valence-corrected chi connectivity index (χ3v) is 4.47. The second-order valence-corrected chi connectivity index (χ2v) is 6.32. The van der Waals surface area contributed by atoms with Gasteiger partial charge in [0.1, 0.15) is 0 Å². The van der Waals surface area contributed by atoms with Crippen LogP contribution in [-0.2, 0) is 0 Å². The lowest BCUT2D eigenvalue weighted by Crippen LogP contribution is -2.12. The van der Waals surface area contributed by atoms with Crippen molar-refractivity contribution in [2.45, 2.75) is 80.1 Å². The van der Waals surface area contributed by atoms with E-state index in [9.17, 15) is 0 Å². The highest BCUT2D eigenvalue weighted by molar-refractivity contribution is 5.23. The summed E-state index contributed by atoms with van der Waals surface area (Å²) >= 11 is 0. The number of rotatable bonds is 1. The van der Waals surface area contributed by atoms with Gasteiger partial charge in [0.15, 0.2) is 0 Å². The van der Waals surface area contributed by atoms with Crippen molar-refractivity contribution < 1.29 is 0 Å². The van der Waals surface area contributed by atoms with E-state index < -0.39 is 0 Å². The molecule has 0 radical (unpaired) electrons. The Labute approximate surface area is 128 Å². The Balaban J connectivity index is 0.000000289. The van der Waals surface area contributed by atoms with Gasteiger partial charge in [0.2, 0.25) is 0 Å².